The Bertz CT molecular complexity index is 1600. The predicted octanol–water partition coefficient (Wildman–Crippen LogP) is 4.12. The second-order valence-electron chi connectivity index (χ2n) is 7.58. The number of benzene rings is 3. The van der Waals surface area contributed by atoms with Gasteiger partial charge in [0.2, 0.25) is 5.91 Å². The second kappa shape index (κ2) is 10.3. The maximum Gasteiger partial charge on any atom is 0.336 e. The van der Waals surface area contributed by atoms with E-state index in [4.69, 9.17) is 37.4 Å². The first-order valence-electron chi connectivity index (χ1n) is 10.6. The SMILES string of the molecule is COc1cccc(-n2c(=O)c3cc(OC)c(OC)cc3n(CC(=O)Nc3cccc(Cl)c3Cl)c2=O)c1. The van der Waals surface area contributed by atoms with Gasteiger partial charge in [-0.15, -0.1) is 0 Å². The Morgan fingerprint density at radius 3 is 2.31 bits per heavy atom. The van der Waals surface area contributed by atoms with Crippen LogP contribution >= 0.6 is 23.2 Å². The molecule has 4 aromatic rings. The van der Waals surface area contributed by atoms with Crippen LogP contribution in [0.3, 0.4) is 0 Å². The van der Waals surface area contributed by atoms with Crippen molar-refractivity contribution in [3.05, 3.63) is 85.5 Å². The van der Waals surface area contributed by atoms with Crippen molar-refractivity contribution in [2.45, 2.75) is 6.54 Å². The highest BCUT2D eigenvalue weighted by atomic mass is 35.5. The molecule has 0 aliphatic rings. The van der Waals surface area contributed by atoms with Crippen LogP contribution in [0.1, 0.15) is 0 Å². The lowest BCUT2D eigenvalue weighted by Crippen LogP contribution is -2.40. The molecule has 1 N–H and O–H groups in total. The second-order valence-corrected chi connectivity index (χ2v) is 8.37. The number of hydrogen-bond donors (Lipinski definition) is 1. The number of carbonyl (C=O) groups excluding carboxylic acids is 1. The van der Waals surface area contributed by atoms with Crippen molar-refractivity contribution in [2.75, 3.05) is 26.6 Å². The molecule has 9 nitrogen and oxygen atoms in total. The molecule has 0 unspecified atom stereocenters. The Balaban J connectivity index is 1.93. The molecule has 186 valence electrons. The number of rotatable bonds is 7. The molecule has 11 heteroatoms. The molecule has 0 spiro atoms. The van der Waals surface area contributed by atoms with Crippen molar-refractivity contribution in [3.63, 3.8) is 0 Å². The van der Waals surface area contributed by atoms with Gasteiger partial charge >= 0.3 is 5.69 Å². The third kappa shape index (κ3) is 4.62. The molecule has 1 aromatic heterocycles. The average molecular weight is 530 g/mol. The van der Waals surface area contributed by atoms with E-state index in [2.05, 4.69) is 5.32 Å². The van der Waals surface area contributed by atoms with E-state index in [-0.39, 0.29) is 38.1 Å². The Morgan fingerprint density at radius 1 is 0.917 bits per heavy atom. The Hall–Kier alpha value is -3.95. The Labute approximate surface area is 215 Å². The molecule has 0 aliphatic heterocycles. The fourth-order valence-electron chi connectivity index (χ4n) is 3.76. The number of methoxy groups -OCH3 is 3. The average Bonchev–Trinajstić information content (AvgIpc) is 2.88. The van der Waals surface area contributed by atoms with Gasteiger partial charge in [-0.1, -0.05) is 35.3 Å². The van der Waals surface area contributed by atoms with Crippen molar-refractivity contribution in [2.24, 2.45) is 0 Å². The van der Waals surface area contributed by atoms with Crippen LogP contribution in [-0.4, -0.2) is 36.4 Å². The molecule has 3 aromatic carbocycles. The van der Waals surface area contributed by atoms with Crippen molar-refractivity contribution in [1.82, 2.24) is 9.13 Å². The molecule has 0 atom stereocenters. The number of aromatic nitrogens is 2. The van der Waals surface area contributed by atoms with Gasteiger partial charge in [0, 0.05) is 12.1 Å². The molecule has 0 fully saturated rings. The van der Waals surface area contributed by atoms with Crippen molar-refractivity contribution >= 4 is 45.7 Å². The number of amides is 1. The lowest BCUT2D eigenvalue weighted by Gasteiger charge is -2.17. The van der Waals surface area contributed by atoms with Crippen molar-refractivity contribution in [1.29, 1.82) is 0 Å². The smallest absolute Gasteiger partial charge is 0.336 e. The van der Waals surface area contributed by atoms with E-state index in [9.17, 15) is 14.4 Å². The predicted molar refractivity (Wildman–Crippen MR) is 139 cm³/mol. The number of nitrogens with zero attached hydrogens (tertiary/aromatic N) is 2. The Morgan fingerprint density at radius 2 is 1.61 bits per heavy atom. The van der Waals surface area contributed by atoms with Gasteiger partial charge in [0.1, 0.15) is 12.3 Å². The van der Waals surface area contributed by atoms with Crippen LogP contribution in [0.15, 0.2) is 64.2 Å². The van der Waals surface area contributed by atoms with Crippen LogP contribution in [0.5, 0.6) is 17.2 Å². The summed E-state index contributed by atoms with van der Waals surface area (Å²) in [5.74, 6) is 0.467. The van der Waals surface area contributed by atoms with Gasteiger partial charge in [-0.05, 0) is 30.3 Å². The summed E-state index contributed by atoms with van der Waals surface area (Å²) in [5, 5.41) is 3.23. The first-order valence-corrected chi connectivity index (χ1v) is 11.3. The lowest BCUT2D eigenvalue weighted by molar-refractivity contribution is -0.116. The summed E-state index contributed by atoms with van der Waals surface area (Å²) in [4.78, 5) is 40.2. The minimum absolute atomic E-state index is 0.142. The number of carbonyl (C=O) groups is 1. The summed E-state index contributed by atoms with van der Waals surface area (Å²) in [6, 6.07) is 14.2. The van der Waals surface area contributed by atoms with Crippen LogP contribution in [-0.2, 0) is 11.3 Å². The van der Waals surface area contributed by atoms with E-state index >= 15 is 0 Å². The monoisotopic (exact) mass is 529 g/mol. The topological polar surface area (TPSA) is 101 Å². The maximum atomic E-state index is 13.7. The number of nitrogens with one attached hydrogen (secondary N) is 1. The third-order valence-corrected chi connectivity index (χ3v) is 6.31. The third-order valence-electron chi connectivity index (χ3n) is 5.49. The number of anilines is 1. The summed E-state index contributed by atoms with van der Waals surface area (Å²) in [7, 11) is 4.34. The van der Waals surface area contributed by atoms with E-state index < -0.39 is 23.7 Å². The summed E-state index contributed by atoms with van der Waals surface area (Å²) in [5.41, 5.74) is -0.590. The van der Waals surface area contributed by atoms with Crippen LogP contribution in [0.25, 0.3) is 16.6 Å². The van der Waals surface area contributed by atoms with E-state index in [0.717, 1.165) is 4.57 Å². The highest BCUT2D eigenvalue weighted by Gasteiger charge is 2.20. The van der Waals surface area contributed by atoms with E-state index in [1.54, 1.807) is 42.5 Å². The summed E-state index contributed by atoms with van der Waals surface area (Å²) in [6.07, 6.45) is 0. The van der Waals surface area contributed by atoms with E-state index in [1.807, 2.05) is 0 Å². The maximum absolute atomic E-state index is 13.7. The van der Waals surface area contributed by atoms with Crippen LogP contribution < -0.4 is 30.8 Å². The van der Waals surface area contributed by atoms with Gasteiger partial charge in [0.15, 0.2) is 11.5 Å². The molecule has 4 rings (SSSR count). The fourth-order valence-corrected chi connectivity index (χ4v) is 4.11. The number of fused-ring (bicyclic) bond motifs is 1. The van der Waals surface area contributed by atoms with E-state index in [0.29, 0.717) is 11.5 Å². The van der Waals surface area contributed by atoms with E-state index in [1.165, 1.54) is 38.0 Å². The first-order chi connectivity index (χ1) is 17.3. The summed E-state index contributed by atoms with van der Waals surface area (Å²) in [6.45, 7) is -0.433. The van der Waals surface area contributed by atoms with Crippen LogP contribution in [0.2, 0.25) is 10.0 Å². The molecular formula is C25H21Cl2N3O6. The number of ether oxygens (including phenoxy) is 3. The molecule has 0 bridgehead atoms. The van der Waals surface area contributed by atoms with Gasteiger partial charge in [0.05, 0.1) is 53.7 Å². The molecule has 0 radical (unpaired) electrons. The molecule has 1 amide bonds. The molecule has 0 saturated heterocycles. The minimum atomic E-state index is -0.736. The highest BCUT2D eigenvalue weighted by molar-refractivity contribution is 6.44. The number of hydrogen-bond acceptors (Lipinski definition) is 6. The van der Waals surface area contributed by atoms with Gasteiger partial charge in [-0.25, -0.2) is 9.36 Å². The zero-order valence-corrected chi connectivity index (χ0v) is 21.0. The zero-order chi connectivity index (χ0) is 26.0. The summed E-state index contributed by atoms with van der Waals surface area (Å²) < 4.78 is 18.1. The number of halogens is 2. The van der Waals surface area contributed by atoms with Gasteiger partial charge in [-0.3, -0.25) is 14.2 Å². The lowest BCUT2D eigenvalue weighted by atomic mass is 10.2. The van der Waals surface area contributed by atoms with Crippen molar-refractivity contribution in [3.8, 4) is 22.9 Å². The van der Waals surface area contributed by atoms with Gasteiger partial charge in [0.25, 0.3) is 5.56 Å². The van der Waals surface area contributed by atoms with Gasteiger partial charge < -0.3 is 19.5 Å². The van der Waals surface area contributed by atoms with Crippen LogP contribution in [0.4, 0.5) is 5.69 Å². The molecule has 0 aliphatic carbocycles. The quantitative estimate of drug-likeness (QED) is 0.386. The van der Waals surface area contributed by atoms with Crippen LogP contribution in [0, 0.1) is 0 Å². The zero-order valence-electron chi connectivity index (χ0n) is 19.5. The highest BCUT2D eigenvalue weighted by Crippen LogP contribution is 2.31. The molecule has 36 heavy (non-hydrogen) atoms. The molecule has 1 heterocycles. The largest absolute Gasteiger partial charge is 0.497 e. The first kappa shape index (κ1) is 25.2. The minimum Gasteiger partial charge on any atom is -0.497 e. The summed E-state index contributed by atoms with van der Waals surface area (Å²) >= 11 is 12.2. The Kier molecular flexibility index (Phi) is 7.23. The fraction of sp³-hybridized carbons (Fsp3) is 0.160. The molecular weight excluding hydrogens is 509 g/mol. The normalized spacial score (nSPS) is 10.8. The standard InChI is InChI=1S/C25H21Cl2N3O6/c1-34-15-7-4-6-14(10-15)30-24(32)16-11-20(35-2)21(36-3)12-19(16)29(25(30)33)13-22(31)28-18-9-5-8-17(26)23(18)27/h4-12H,13H2,1-3H3,(H,28,31). The molecule has 0 saturated carbocycles. The van der Waals surface area contributed by atoms with Gasteiger partial charge in [-0.2, -0.15) is 0 Å². The van der Waals surface area contributed by atoms with Crippen molar-refractivity contribution < 1.29 is 19.0 Å².